The Morgan fingerprint density at radius 1 is 1.44 bits per heavy atom. The van der Waals surface area contributed by atoms with E-state index < -0.39 is 29.4 Å². The number of aromatic nitrogens is 1. The lowest BCUT2D eigenvalue weighted by Crippen LogP contribution is -2.15. The lowest BCUT2D eigenvalue weighted by molar-refractivity contribution is -0.141. The van der Waals surface area contributed by atoms with E-state index in [4.69, 9.17) is 0 Å². The highest BCUT2D eigenvalue weighted by atomic mass is 19.4. The Hall–Kier alpha value is -1.66. The summed E-state index contributed by atoms with van der Waals surface area (Å²) in [6.45, 7) is 1.37. The molecule has 0 saturated carbocycles. The molecule has 0 fully saturated rings. The molecule has 1 aromatic heterocycles. The zero-order valence-corrected chi connectivity index (χ0v) is 8.14. The van der Waals surface area contributed by atoms with Crippen LogP contribution in [0.1, 0.15) is 23.1 Å². The molecule has 0 amide bonds. The summed E-state index contributed by atoms with van der Waals surface area (Å²) in [5, 5.41) is 0. The number of esters is 1. The van der Waals surface area contributed by atoms with Gasteiger partial charge in [0.05, 0.1) is 6.61 Å². The molecule has 7 heteroatoms. The van der Waals surface area contributed by atoms with Gasteiger partial charge in [0.15, 0.2) is 11.5 Å². The molecule has 0 N–H and O–H groups in total. The first kappa shape index (κ1) is 12.4. The first-order valence-corrected chi connectivity index (χ1v) is 4.27. The molecule has 0 aliphatic carbocycles. The zero-order valence-electron chi connectivity index (χ0n) is 8.14. The number of hydrogen-bond donors (Lipinski definition) is 0. The molecule has 16 heavy (non-hydrogen) atoms. The summed E-state index contributed by atoms with van der Waals surface area (Å²) >= 11 is 0. The largest absolute Gasteiger partial charge is 0.461 e. The molecule has 0 saturated heterocycles. The number of hydrogen-bond acceptors (Lipinski definition) is 3. The lowest BCUT2D eigenvalue weighted by Gasteiger charge is -2.07. The van der Waals surface area contributed by atoms with Crippen molar-refractivity contribution in [1.82, 2.24) is 4.98 Å². The van der Waals surface area contributed by atoms with Crippen LogP contribution in [0.15, 0.2) is 12.1 Å². The van der Waals surface area contributed by atoms with Crippen LogP contribution in [-0.4, -0.2) is 17.6 Å². The molecule has 1 heterocycles. The van der Waals surface area contributed by atoms with Crippen molar-refractivity contribution in [3.05, 3.63) is 29.3 Å². The van der Waals surface area contributed by atoms with Crippen molar-refractivity contribution in [1.29, 1.82) is 0 Å². The van der Waals surface area contributed by atoms with Crippen molar-refractivity contribution in [3.63, 3.8) is 0 Å². The van der Waals surface area contributed by atoms with E-state index in [9.17, 15) is 22.4 Å². The van der Waals surface area contributed by atoms with E-state index in [0.717, 1.165) is 0 Å². The van der Waals surface area contributed by atoms with Gasteiger partial charge in [0.25, 0.3) is 0 Å². The molecule has 1 aromatic rings. The smallest absolute Gasteiger partial charge is 0.433 e. The fourth-order valence-corrected chi connectivity index (χ4v) is 0.943. The van der Waals surface area contributed by atoms with E-state index in [1.54, 1.807) is 0 Å². The third kappa shape index (κ3) is 2.68. The monoisotopic (exact) mass is 237 g/mol. The van der Waals surface area contributed by atoms with Gasteiger partial charge in [0.1, 0.15) is 5.69 Å². The number of ether oxygens (including phenoxy) is 1. The highest BCUT2D eigenvalue weighted by molar-refractivity contribution is 5.87. The van der Waals surface area contributed by atoms with Crippen LogP contribution < -0.4 is 0 Å². The fourth-order valence-electron chi connectivity index (χ4n) is 0.943. The lowest BCUT2D eigenvalue weighted by atomic mass is 10.3. The predicted octanol–water partition coefficient (Wildman–Crippen LogP) is 2.42. The number of carbonyl (C=O) groups excluding carboxylic acids is 1. The standard InChI is InChI=1S/C9H7F4NO2/c1-2-16-8(15)7-5(10)3-4-6(14-7)9(11,12)13/h3-4H,2H2,1H3. The van der Waals surface area contributed by atoms with Crippen molar-refractivity contribution in [2.45, 2.75) is 13.1 Å². The maximum atomic E-state index is 13.0. The Kier molecular flexibility index (Phi) is 3.46. The van der Waals surface area contributed by atoms with Crippen molar-refractivity contribution < 1.29 is 27.1 Å². The predicted molar refractivity (Wildman–Crippen MR) is 45.2 cm³/mol. The molecule has 0 aliphatic rings. The van der Waals surface area contributed by atoms with Crippen LogP contribution in [0.3, 0.4) is 0 Å². The van der Waals surface area contributed by atoms with E-state index in [0.29, 0.717) is 12.1 Å². The second kappa shape index (κ2) is 4.46. The highest BCUT2D eigenvalue weighted by Crippen LogP contribution is 2.28. The molecule has 1 rings (SSSR count). The molecule has 0 unspecified atom stereocenters. The molecule has 0 atom stereocenters. The van der Waals surface area contributed by atoms with Gasteiger partial charge in [0, 0.05) is 0 Å². The molecule has 3 nitrogen and oxygen atoms in total. The molecule has 0 bridgehead atoms. The first-order chi connectivity index (χ1) is 7.36. The van der Waals surface area contributed by atoms with Gasteiger partial charge in [-0.15, -0.1) is 0 Å². The topological polar surface area (TPSA) is 39.2 Å². The molecule has 0 aromatic carbocycles. The van der Waals surface area contributed by atoms with Crippen LogP contribution in [0.5, 0.6) is 0 Å². The van der Waals surface area contributed by atoms with Crippen LogP contribution in [0.25, 0.3) is 0 Å². The second-order valence-corrected chi connectivity index (χ2v) is 2.75. The Morgan fingerprint density at radius 3 is 2.56 bits per heavy atom. The first-order valence-electron chi connectivity index (χ1n) is 4.27. The summed E-state index contributed by atoms with van der Waals surface area (Å²) in [6, 6.07) is 0.986. The van der Waals surface area contributed by atoms with Crippen molar-refractivity contribution in [3.8, 4) is 0 Å². The van der Waals surface area contributed by atoms with Crippen LogP contribution >= 0.6 is 0 Å². The summed E-state index contributed by atoms with van der Waals surface area (Å²) in [4.78, 5) is 13.9. The van der Waals surface area contributed by atoms with Gasteiger partial charge in [-0.3, -0.25) is 0 Å². The van der Waals surface area contributed by atoms with Crippen molar-refractivity contribution in [2.75, 3.05) is 6.61 Å². The van der Waals surface area contributed by atoms with Crippen molar-refractivity contribution in [2.24, 2.45) is 0 Å². The van der Waals surface area contributed by atoms with Crippen LogP contribution in [0, 0.1) is 5.82 Å². The summed E-state index contributed by atoms with van der Waals surface area (Å²) in [6.07, 6.45) is -4.73. The summed E-state index contributed by atoms with van der Waals surface area (Å²) in [5.41, 5.74) is -2.30. The summed E-state index contributed by atoms with van der Waals surface area (Å²) in [5.74, 6) is -2.36. The van der Waals surface area contributed by atoms with E-state index in [2.05, 4.69) is 9.72 Å². The summed E-state index contributed by atoms with van der Waals surface area (Å²) in [7, 11) is 0. The van der Waals surface area contributed by atoms with E-state index >= 15 is 0 Å². The molecular weight excluding hydrogens is 230 g/mol. The third-order valence-corrected chi connectivity index (χ3v) is 1.61. The SMILES string of the molecule is CCOC(=O)c1nc(C(F)(F)F)ccc1F. The zero-order chi connectivity index (χ0) is 12.3. The Bertz CT molecular complexity index is 403. The van der Waals surface area contributed by atoms with Gasteiger partial charge in [0.2, 0.25) is 0 Å². The van der Waals surface area contributed by atoms with Crippen LogP contribution in [0.4, 0.5) is 17.6 Å². The molecule has 88 valence electrons. The molecule has 0 radical (unpaired) electrons. The normalized spacial score (nSPS) is 11.3. The van der Waals surface area contributed by atoms with Gasteiger partial charge >= 0.3 is 12.1 Å². The fraction of sp³-hybridized carbons (Fsp3) is 0.333. The number of nitrogens with zero attached hydrogens (tertiary/aromatic N) is 1. The number of carbonyl (C=O) groups is 1. The Morgan fingerprint density at radius 2 is 2.06 bits per heavy atom. The molecule has 0 spiro atoms. The second-order valence-electron chi connectivity index (χ2n) is 2.75. The Balaban J connectivity index is 3.14. The number of alkyl halides is 3. The average molecular weight is 237 g/mol. The van der Waals surface area contributed by atoms with Gasteiger partial charge in [-0.05, 0) is 19.1 Å². The highest BCUT2D eigenvalue weighted by Gasteiger charge is 2.34. The molecule has 0 aliphatic heterocycles. The van der Waals surface area contributed by atoms with Gasteiger partial charge in [-0.25, -0.2) is 14.2 Å². The van der Waals surface area contributed by atoms with E-state index in [1.807, 2.05) is 0 Å². The number of pyridine rings is 1. The third-order valence-electron chi connectivity index (χ3n) is 1.61. The van der Waals surface area contributed by atoms with E-state index in [-0.39, 0.29) is 6.61 Å². The van der Waals surface area contributed by atoms with Gasteiger partial charge in [-0.2, -0.15) is 13.2 Å². The quantitative estimate of drug-likeness (QED) is 0.585. The Labute approximate surface area is 88.0 Å². The van der Waals surface area contributed by atoms with E-state index in [1.165, 1.54) is 6.92 Å². The minimum Gasteiger partial charge on any atom is -0.461 e. The van der Waals surface area contributed by atoms with Crippen LogP contribution in [0.2, 0.25) is 0 Å². The maximum absolute atomic E-state index is 13.0. The van der Waals surface area contributed by atoms with Crippen LogP contribution in [-0.2, 0) is 10.9 Å². The van der Waals surface area contributed by atoms with Gasteiger partial charge in [-0.1, -0.05) is 0 Å². The van der Waals surface area contributed by atoms with Gasteiger partial charge < -0.3 is 4.74 Å². The number of halogens is 4. The minimum absolute atomic E-state index is 0.0732. The number of rotatable bonds is 2. The molecular formula is C9H7F4NO2. The maximum Gasteiger partial charge on any atom is 0.433 e. The summed E-state index contributed by atoms with van der Waals surface area (Å²) < 4.78 is 54.0. The van der Waals surface area contributed by atoms with Crippen molar-refractivity contribution >= 4 is 5.97 Å². The average Bonchev–Trinajstić information content (AvgIpc) is 2.16. The minimum atomic E-state index is -4.73.